The standard InChI is InChI=1S/C14H18N2O5/c1-10(17)16(2)12-6-4-3-5-11(12)14(20)15-7-8-21-9-13(18)19/h3-6H,7-9H2,1-2H3,(H,15,20)(H,18,19). The van der Waals surface area contributed by atoms with Crippen LogP contribution in [0, 0.1) is 0 Å². The summed E-state index contributed by atoms with van der Waals surface area (Å²) in [5.74, 6) is -1.59. The fraction of sp³-hybridized carbons (Fsp3) is 0.357. The Morgan fingerprint density at radius 1 is 1.29 bits per heavy atom. The van der Waals surface area contributed by atoms with Crippen LogP contribution in [0.25, 0.3) is 0 Å². The normalized spacial score (nSPS) is 10.0. The highest BCUT2D eigenvalue weighted by atomic mass is 16.5. The number of amides is 2. The summed E-state index contributed by atoms with van der Waals surface area (Å²) in [6.07, 6.45) is 0. The van der Waals surface area contributed by atoms with E-state index in [4.69, 9.17) is 9.84 Å². The van der Waals surface area contributed by atoms with Gasteiger partial charge in [0.15, 0.2) is 0 Å². The van der Waals surface area contributed by atoms with Crippen LogP contribution in [-0.4, -0.2) is 49.7 Å². The van der Waals surface area contributed by atoms with Crippen LogP contribution in [0.15, 0.2) is 24.3 Å². The number of carbonyl (C=O) groups is 3. The predicted octanol–water partition coefficient (Wildman–Crippen LogP) is 0.500. The van der Waals surface area contributed by atoms with Crippen molar-refractivity contribution in [3.05, 3.63) is 29.8 Å². The number of hydrogen-bond donors (Lipinski definition) is 2. The number of aliphatic carboxylic acids is 1. The summed E-state index contributed by atoms with van der Waals surface area (Å²) in [6.45, 7) is 1.29. The summed E-state index contributed by atoms with van der Waals surface area (Å²) >= 11 is 0. The van der Waals surface area contributed by atoms with Crippen LogP contribution in [0.2, 0.25) is 0 Å². The van der Waals surface area contributed by atoms with Gasteiger partial charge < -0.3 is 20.1 Å². The fourth-order valence-electron chi connectivity index (χ4n) is 1.62. The Hall–Kier alpha value is -2.41. The molecule has 0 aliphatic rings. The summed E-state index contributed by atoms with van der Waals surface area (Å²) in [5.41, 5.74) is 0.877. The molecule has 21 heavy (non-hydrogen) atoms. The van der Waals surface area contributed by atoms with Crippen molar-refractivity contribution in [1.82, 2.24) is 5.32 Å². The third-order valence-corrected chi connectivity index (χ3v) is 2.74. The lowest BCUT2D eigenvalue weighted by Crippen LogP contribution is -2.31. The molecule has 0 saturated carbocycles. The number of carboxylic acids is 1. The van der Waals surface area contributed by atoms with E-state index in [9.17, 15) is 14.4 Å². The fourth-order valence-corrected chi connectivity index (χ4v) is 1.62. The topological polar surface area (TPSA) is 95.9 Å². The van der Waals surface area contributed by atoms with Gasteiger partial charge in [-0.05, 0) is 12.1 Å². The molecule has 2 N–H and O–H groups in total. The van der Waals surface area contributed by atoms with Crippen molar-refractivity contribution in [2.24, 2.45) is 0 Å². The van der Waals surface area contributed by atoms with Gasteiger partial charge in [0.1, 0.15) is 6.61 Å². The molecule has 0 spiro atoms. The Morgan fingerprint density at radius 3 is 2.57 bits per heavy atom. The first-order valence-corrected chi connectivity index (χ1v) is 6.34. The first kappa shape index (κ1) is 16.6. The lowest BCUT2D eigenvalue weighted by atomic mass is 10.1. The van der Waals surface area contributed by atoms with Crippen LogP contribution >= 0.6 is 0 Å². The van der Waals surface area contributed by atoms with E-state index >= 15 is 0 Å². The van der Waals surface area contributed by atoms with E-state index in [1.807, 2.05) is 0 Å². The van der Waals surface area contributed by atoms with Gasteiger partial charge in [0.25, 0.3) is 5.91 Å². The molecule has 2 amide bonds. The SMILES string of the molecule is CC(=O)N(C)c1ccccc1C(=O)NCCOCC(=O)O. The molecule has 0 fully saturated rings. The number of nitrogens with one attached hydrogen (secondary N) is 1. The Balaban J connectivity index is 2.62. The van der Waals surface area contributed by atoms with E-state index in [0.717, 1.165) is 0 Å². The second-order valence-corrected chi connectivity index (χ2v) is 4.30. The van der Waals surface area contributed by atoms with Gasteiger partial charge in [-0.15, -0.1) is 0 Å². The molecule has 0 atom stereocenters. The number of ether oxygens (including phenoxy) is 1. The monoisotopic (exact) mass is 294 g/mol. The van der Waals surface area contributed by atoms with Gasteiger partial charge in [-0.2, -0.15) is 0 Å². The Labute approximate surface area is 122 Å². The summed E-state index contributed by atoms with van der Waals surface area (Å²) in [6, 6.07) is 6.73. The van der Waals surface area contributed by atoms with Gasteiger partial charge in [-0.3, -0.25) is 9.59 Å². The maximum absolute atomic E-state index is 12.1. The number of hydrogen-bond acceptors (Lipinski definition) is 4. The van der Waals surface area contributed by atoms with E-state index in [1.165, 1.54) is 11.8 Å². The molecule has 0 unspecified atom stereocenters. The zero-order chi connectivity index (χ0) is 15.8. The summed E-state index contributed by atoms with van der Waals surface area (Å²) in [5, 5.41) is 11.0. The summed E-state index contributed by atoms with van der Waals surface area (Å²) in [4.78, 5) is 35.1. The molecule has 7 nitrogen and oxygen atoms in total. The predicted molar refractivity (Wildman–Crippen MR) is 76.3 cm³/mol. The molecule has 1 rings (SSSR count). The molecule has 1 aromatic carbocycles. The minimum Gasteiger partial charge on any atom is -0.480 e. The van der Waals surface area contributed by atoms with Crippen LogP contribution in [0.3, 0.4) is 0 Å². The number of nitrogens with zero attached hydrogens (tertiary/aromatic N) is 1. The minimum atomic E-state index is -1.06. The van der Waals surface area contributed by atoms with Crippen molar-refractivity contribution >= 4 is 23.5 Å². The number of anilines is 1. The molecule has 7 heteroatoms. The van der Waals surface area contributed by atoms with Crippen LogP contribution in [0.5, 0.6) is 0 Å². The van der Waals surface area contributed by atoms with E-state index in [1.54, 1.807) is 31.3 Å². The summed E-state index contributed by atoms with van der Waals surface area (Å²) < 4.78 is 4.82. The van der Waals surface area contributed by atoms with Crippen molar-refractivity contribution in [3.8, 4) is 0 Å². The van der Waals surface area contributed by atoms with Crippen LogP contribution in [-0.2, 0) is 14.3 Å². The molecule has 0 radical (unpaired) electrons. The molecule has 0 heterocycles. The molecule has 0 aliphatic carbocycles. The first-order chi connectivity index (χ1) is 9.93. The second kappa shape index (κ2) is 8.01. The highest BCUT2D eigenvalue weighted by molar-refractivity contribution is 6.04. The zero-order valence-corrected chi connectivity index (χ0v) is 12.0. The van der Waals surface area contributed by atoms with Gasteiger partial charge in [-0.1, -0.05) is 12.1 Å². The number of rotatable bonds is 7. The molecule has 0 aliphatic heterocycles. The third kappa shape index (κ3) is 5.23. The lowest BCUT2D eigenvalue weighted by molar-refractivity contribution is -0.142. The van der Waals surface area contributed by atoms with Gasteiger partial charge in [0.2, 0.25) is 5.91 Å². The zero-order valence-electron chi connectivity index (χ0n) is 12.0. The van der Waals surface area contributed by atoms with Crippen molar-refractivity contribution in [2.45, 2.75) is 6.92 Å². The van der Waals surface area contributed by atoms with Gasteiger partial charge in [0.05, 0.1) is 17.9 Å². The average molecular weight is 294 g/mol. The molecule has 0 saturated heterocycles. The van der Waals surface area contributed by atoms with Crippen LogP contribution in [0.1, 0.15) is 17.3 Å². The average Bonchev–Trinajstić information content (AvgIpc) is 2.45. The van der Waals surface area contributed by atoms with E-state index in [0.29, 0.717) is 11.3 Å². The molecular formula is C14H18N2O5. The van der Waals surface area contributed by atoms with E-state index < -0.39 is 12.6 Å². The molecule has 0 aromatic heterocycles. The smallest absolute Gasteiger partial charge is 0.329 e. The molecule has 1 aromatic rings. The quantitative estimate of drug-likeness (QED) is 0.714. The highest BCUT2D eigenvalue weighted by Crippen LogP contribution is 2.19. The Morgan fingerprint density at radius 2 is 1.95 bits per heavy atom. The first-order valence-electron chi connectivity index (χ1n) is 6.34. The van der Waals surface area contributed by atoms with Crippen molar-refractivity contribution < 1.29 is 24.2 Å². The number of carbonyl (C=O) groups excluding carboxylic acids is 2. The largest absolute Gasteiger partial charge is 0.480 e. The van der Waals surface area contributed by atoms with Gasteiger partial charge >= 0.3 is 5.97 Å². The van der Waals surface area contributed by atoms with Crippen molar-refractivity contribution in [1.29, 1.82) is 0 Å². The molecule has 0 bridgehead atoms. The molecule has 114 valence electrons. The van der Waals surface area contributed by atoms with Gasteiger partial charge in [0, 0.05) is 20.5 Å². The second-order valence-electron chi connectivity index (χ2n) is 4.30. The lowest BCUT2D eigenvalue weighted by Gasteiger charge is -2.18. The third-order valence-electron chi connectivity index (χ3n) is 2.74. The van der Waals surface area contributed by atoms with E-state index in [-0.39, 0.29) is 25.0 Å². The molecular weight excluding hydrogens is 276 g/mol. The van der Waals surface area contributed by atoms with Crippen LogP contribution in [0.4, 0.5) is 5.69 Å². The van der Waals surface area contributed by atoms with Gasteiger partial charge in [-0.25, -0.2) is 4.79 Å². The van der Waals surface area contributed by atoms with Crippen molar-refractivity contribution in [3.63, 3.8) is 0 Å². The maximum Gasteiger partial charge on any atom is 0.329 e. The highest BCUT2D eigenvalue weighted by Gasteiger charge is 2.15. The Kier molecular flexibility index (Phi) is 6.35. The summed E-state index contributed by atoms with van der Waals surface area (Å²) in [7, 11) is 1.59. The number of para-hydroxylation sites is 1. The van der Waals surface area contributed by atoms with Crippen LogP contribution < -0.4 is 10.2 Å². The minimum absolute atomic E-state index is 0.1000. The number of benzene rings is 1. The maximum atomic E-state index is 12.1. The van der Waals surface area contributed by atoms with E-state index in [2.05, 4.69) is 5.32 Å². The Bertz CT molecular complexity index is 530. The van der Waals surface area contributed by atoms with Crippen molar-refractivity contribution in [2.75, 3.05) is 31.7 Å². The number of carboxylic acid groups (broad SMARTS) is 1.